The number of nitrogen functional groups attached to an aromatic ring is 1. The smallest absolute Gasteiger partial charge is 0.343 e. The van der Waals surface area contributed by atoms with E-state index >= 15 is 0 Å². The van der Waals surface area contributed by atoms with Crippen LogP contribution < -0.4 is 11.4 Å². The molecule has 0 aliphatic rings. The van der Waals surface area contributed by atoms with Crippen molar-refractivity contribution in [3.05, 3.63) is 34.2 Å². The molecule has 0 radical (unpaired) electrons. The maximum atomic E-state index is 11.4. The highest BCUT2D eigenvalue weighted by Gasteiger charge is 2.09. The minimum absolute atomic E-state index is 0.178. The normalized spacial score (nSPS) is 10.7. The van der Waals surface area contributed by atoms with E-state index in [1.807, 2.05) is 32.0 Å². The van der Waals surface area contributed by atoms with Crippen molar-refractivity contribution in [3.8, 4) is 0 Å². The number of hydrogen-bond acceptors (Lipinski definition) is 4. The van der Waals surface area contributed by atoms with Crippen molar-refractivity contribution in [2.75, 3.05) is 5.73 Å². The topological polar surface area (TPSA) is 76.7 Å². The Hall–Kier alpha value is -1.69. The second kappa shape index (κ2) is 4.67. The molecule has 0 fully saturated rings. The number of hydrogen-bond donors (Lipinski definition) is 2. The van der Waals surface area contributed by atoms with Crippen LogP contribution >= 0.6 is 11.8 Å². The van der Waals surface area contributed by atoms with E-state index in [0.29, 0.717) is 11.7 Å². The Bertz CT molecular complexity index is 587. The van der Waals surface area contributed by atoms with Gasteiger partial charge in [0.2, 0.25) is 0 Å². The summed E-state index contributed by atoms with van der Waals surface area (Å²) >= 11 is 1.46. The number of aryl methyl sites for hydroxylation is 1. The molecule has 0 aliphatic carbocycles. The molecule has 0 unspecified atom stereocenters. The summed E-state index contributed by atoms with van der Waals surface area (Å²) in [4.78, 5) is 12.5. The van der Waals surface area contributed by atoms with Crippen LogP contribution in [0.25, 0.3) is 0 Å². The average Bonchev–Trinajstić information content (AvgIpc) is 2.63. The summed E-state index contributed by atoms with van der Waals surface area (Å²) in [6.45, 7) is 4.50. The van der Waals surface area contributed by atoms with Crippen LogP contribution in [-0.4, -0.2) is 14.8 Å². The summed E-state index contributed by atoms with van der Waals surface area (Å²) in [7, 11) is 0. The fourth-order valence-electron chi connectivity index (χ4n) is 1.55. The van der Waals surface area contributed by atoms with E-state index in [-0.39, 0.29) is 5.69 Å². The molecule has 0 aliphatic heterocycles. The number of nitrogens with one attached hydrogen (secondary N) is 1. The zero-order chi connectivity index (χ0) is 12.4. The Morgan fingerprint density at radius 2 is 2.29 bits per heavy atom. The van der Waals surface area contributed by atoms with Crippen molar-refractivity contribution in [2.24, 2.45) is 0 Å². The van der Waals surface area contributed by atoms with Gasteiger partial charge in [-0.25, -0.2) is 9.89 Å². The first kappa shape index (κ1) is 11.8. The Morgan fingerprint density at radius 3 is 2.94 bits per heavy atom. The monoisotopic (exact) mass is 250 g/mol. The van der Waals surface area contributed by atoms with Crippen LogP contribution in [0.3, 0.4) is 0 Å². The molecule has 3 N–H and O–H groups in total. The fraction of sp³-hybridized carbons (Fsp3) is 0.273. The van der Waals surface area contributed by atoms with Crippen molar-refractivity contribution in [3.63, 3.8) is 0 Å². The van der Waals surface area contributed by atoms with Crippen molar-refractivity contribution in [1.29, 1.82) is 0 Å². The summed E-state index contributed by atoms with van der Waals surface area (Å²) < 4.78 is 1.60. The van der Waals surface area contributed by atoms with Gasteiger partial charge in [-0.3, -0.25) is 4.57 Å². The zero-order valence-corrected chi connectivity index (χ0v) is 10.5. The number of benzene rings is 1. The van der Waals surface area contributed by atoms with Gasteiger partial charge in [0.1, 0.15) is 0 Å². The molecule has 90 valence electrons. The predicted octanol–water partition coefficient (Wildman–Crippen LogP) is 1.63. The van der Waals surface area contributed by atoms with Crippen LogP contribution in [0.5, 0.6) is 0 Å². The Labute approximate surface area is 103 Å². The first-order valence-electron chi connectivity index (χ1n) is 5.31. The van der Waals surface area contributed by atoms with Crippen LogP contribution in [-0.2, 0) is 6.54 Å². The molecule has 2 aromatic rings. The largest absolute Gasteiger partial charge is 0.399 e. The Kier molecular flexibility index (Phi) is 3.23. The molecule has 0 saturated carbocycles. The lowest BCUT2D eigenvalue weighted by Crippen LogP contribution is -2.16. The van der Waals surface area contributed by atoms with Gasteiger partial charge < -0.3 is 5.73 Å². The molecule has 0 amide bonds. The van der Waals surface area contributed by atoms with Crippen LogP contribution in [0.2, 0.25) is 0 Å². The number of H-pyrrole nitrogens is 1. The molecule has 0 spiro atoms. The van der Waals surface area contributed by atoms with Gasteiger partial charge in [-0.15, -0.1) is 5.10 Å². The quantitative estimate of drug-likeness (QED) is 0.812. The Morgan fingerprint density at radius 1 is 1.53 bits per heavy atom. The van der Waals surface area contributed by atoms with E-state index in [2.05, 4.69) is 10.2 Å². The average molecular weight is 250 g/mol. The number of nitrogens with two attached hydrogens (primary N) is 1. The molecular formula is C11H14N4OS. The van der Waals surface area contributed by atoms with Crippen LogP contribution in [0, 0.1) is 6.92 Å². The van der Waals surface area contributed by atoms with E-state index in [9.17, 15) is 4.79 Å². The van der Waals surface area contributed by atoms with Crippen LogP contribution in [0.15, 0.2) is 33.0 Å². The summed E-state index contributed by atoms with van der Waals surface area (Å²) in [5, 5.41) is 7.13. The maximum absolute atomic E-state index is 11.4. The lowest BCUT2D eigenvalue weighted by Gasteiger charge is -2.06. The second-order valence-corrected chi connectivity index (χ2v) is 4.69. The van der Waals surface area contributed by atoms with E-state index < -0.39 is 0 Å². The first-order chi connectivity index (χ1) is 8.11. The molecule has 6 heteroatoms. The van der Waals surface area contributed by atoms with E-state index in [1.165, 1.54) is 11.8 Å². The molecule has 1 aromatic heterocycles. The van der Waals surface area contributed by atoms with Crippen molar-refractivity contribution >= 4 is 17.4 Å². The third-order valence-corrected chi connectivity index (χ3v) is 3.61. The summed E-state index contributed by atoms with van der Waals surface area (Å²) in [5.74, 6) is 0. The lowest BCUT2D eigenvalue weighted by atomic mass is 10.2. The van der Waals surface area contributed by atoms with E-state index in [0.717, 1.165) is 16.1 Å². The molecule has 5 nitrogen and oxygen atoms in total. The molecule has 1 aromatic carbocycles. The van der Waals surface area contributed by atoms with Gasteiger partial charge in [0.25, 0.3) is 0 Å². The van der Waals surface area contributed by atoms with Crippen molar-refractivity contribution in [1.82, 2.24) is 14.8 Å². The predicted molar refractivity (Wildman–Crippen MR) is 68.2 cm³/mol. The molecule has 0 saturated heterocycles. The number of aromatic amines is 1. The highest BCUT2D eigenvalue weighted by molar-refractivity contribution is 7.99. The Balaban J connectivity index is 2.34. The summed E-state index contributed by atoms with van der Waals surface area (Å²) in [5.41, 5.74) is 7.33. The van der Waals surface area contributed by atoms with Gasteiger partial charge in [0, 0.05) is 17.1 Å². The van der Waals surface area contributed by atoms with Gasteiger partial charge in [0.15, 0.2) is 5.16 Å². The highest BCUT2D eigenvalue weighted by atomic mass is 32.2. The second-order valence-electron chi connectivity index (χ2n) is 3.68. The number of anilines is 1. The molecule has 1 heterocycles. The third-order valence-electron chi connectivity index (χ3n) is 2.44. The molecule has 2 rings (SSSR count). The molecule has 17 heavy (non-hydrogen) atoms. The first-order valence-corrected chi connectivity index (χ1v) is 6.12. The zero-order valence-electron chi connectivity index (χ0n) is 9.73. The fourth-order valence-corrected chi connectivity index (χ4v) is 2.51. The standard InChI is InChI=1S/C11H14N4OS/c1-3-15-10(16)13-14-11(15)17-9-5-4-8(12)6-7(9)2/h4-6H,3,12H2,1-2H3,(H,13,16). The SMILES string of the molecule is CCn1c(Sc2ccc(N)cc2C)n[nH]c1=O. The molecule has 0 bridgehead atoms. The van der Waals surface area contributed by atoms with Crippen LogP contribution in [0.4, 0.5) is 5.69 Å². The maximum Gasteiger partial charge on any atom is 0.343 e. The van der Waals surface area contributed by atoms with Crippen molar-refractivity contribution in [2.45, 2.75) is 30.4 Å². The molecular weight excluding hydrogens is 236 g/mol. The number of rotatable bonds is 3. The van der Waals surface area contributed by atoms with Gasteiger partial charge in [-0.2, -0.15) is 0 Å². The summed E-state index contributed by atoms with van der Waals surface area (Å²) in [6.07, 6.45) is 0. The third kappa shape index (κ3) is 2.36. The van der Waals surface area contributed by atoms with Crippen molar-refractivity contribution < 1.29 is 0 Å². The molecule has 0 atom stereocenters. The van der Waals surface area contributed by atoms with E-state index in [1.54, 1.807) is 4.57 Å². The van der Waals surface area contributed by atoms with Gasteiger partial charge in [-0.05, 0) is 49.4 Å². The minimum Gasteiger partial charge on any atom is -0.399 e. The van der Waals surface area contributed by atoms with Gasteiger partial charge in [-0.1, -0.05) is 0 Å². The highest BCUT2D eigenvalue weighted by Crippen LogP contribution is 2.29. The van der Waals surface area contributed by atoms with E-state index in [4.69, 9.17) is 5.73 Å². The lowest BCUT2D eigenvalue weighted by molar-refractivity contribution is 0.660. The number of nitrogens with zero attached hydrogens (tertiary/aromatic N) is 2. The van der Waals surface area contributed by atoms with Gasteiger partial charge in [0.05, 0.1) is 0 Å². The summed E-state index contributed by atoms with van der Waals surface area (Å²) in [6, 6.07) is 5.69. The van der Waals surface area contributed by atoms with Crippen LogP contribution in [0.1, 0.15) is 12.5 Å². The number of aromatic nitrogens is 3. The minimum atomic E-state index is -0.178. The van der Waals surface area contributed by atoms with Gasteiger partial charge >= 0.3 is 5.69 Å².